The highest BCUT2D eigenvalue weighted by molar-refractivity contribution is 7.99. The van der Waals surface area contributed by atoms with Crippen molar-refractivity contribution >= 4 is 40.4 Å². The molecular formula is C20H21ClN2O3S. The fraction of sp³-hybridized carbons (Fsp3) is 0.300. The molecule has 0 unspecified atom stereocenters. The van der Waals surface area contributed by atoms with E-state index in [2.05, 4.69) is 16.5 Å². The van der Waals surface area contributed by atoms with Crippen LogP contribution in [0.4, 0.5) is 0 Å². The summed E-state index contributed by atoms with van der Waals surface area (Å²) in [6.45, 7) is 5.59. The second kappa shape index (κ2) is 9.15. The van der Waals surface area contributed by atoms with Crippen LogP contribution >= 0.6 is 23.4 Å². The molecule has 0 spiro atoms. The quantitative estimate of drug-likeness (QED) is 0.298. The van der Waals surface area contributed by atoms with E-state index in [1.165, 1.54) is 0 Å². The first-order chi connectivity index (χ1) is 13.1. The van der Waals surface area contributed by atoms with Crippen LogP contribution in [0.15, 0.2) is 47.6 Å². The van der Waals surface area contributed by atoms with E-state index in [0.29, 0.717) is 23.8 Å². The van der Waals surface area contributed by atoms with Gasteiger partial charge in [0.2, 0.25) is 0 Å². The monoisotopic (exact) mass is 404 g/mol. The van der Waals surface area contributed by atoms with Gasteiger partial charge in [-0.1, -0.05) is 23.4 Å². The predicted octanol–water partition coefficient (Wildman–Crippen LogP) is 5.06. The second-order valence-corrected chi connectivity index (χ2v) is 7.21. The van der Waals surface area contributed by atoms with Crippen LogP contribution in [0.3, 0.4) is 0 Å². The maximum Gasteiger partial charge on any atom is 0.338 e. The van der Waals surface area contributed by atoms with Gasteiger partial charge in [0.1, 0.15) is 5.75 Å². The third kappa shape index (κ3) is 4.76. The summed E-state index contributed by atoms with van der Waals surface area (Å²) >= 11 is 7.50. The van der Waals surface area contributed by atoms with Crippen molar-refractivity contribution in [1.82, 2.24) is 9.55 Å². The van der Waals surface area contributed by atoms with Crippen molar-refractivity contribution in [2.24, 2.45) is 0 Å². The van der Waals surface area contributed by atoms with Gasteiger partial charge in [-0.15, -0.1) is 0 Å². The fourth-order valence-electron chi connectivity index (χ4n) is 2.69. The molecule has 7 heteroatoms. The third-order valence-electron chi connectivity index (χ3n) is 3.94. The summed E-state index contributed by atoms with van der Waals surface area (Å²) in [5.74, 6) is 1.23. The highest BCUT2D eigenvalue weighted by Crippen LogP contribution is 2.25. The average molecular weight is 405 g/mol. The Morgan fingerprint density at radius 2 is 1.96 bits per heavy atom. The number of benzene rings is 2. The Kier molecular flexibility index (Phi) is 6.63. The SMILES string of the molecule is CCOC(=O)c1ccc2c(c1)nc(SCCOc1ccc(Cl)cc1)n2CC. The Hall–Kier alpha value is -2.18. The molecule has 0 saturated carbocycles. The van der Waals surface area contributed by atoms with Gasteiger partial charge in [-0.25, -0.2) is 9.78 Å². The minimum atomic E-state index is -0.323. The van der Waals surface area contributed by atoms with Gasteiger partial charge >= 0.3 is 5.97 Å². The zero-order chi connectivity index (χ0) is 19.2. The second-order valence-electron chi connectivity index (χ2n) is 5.71. The molecule has 5 nitrogen and oxygen atoms in total. The lowest BCUT2D eigenvalue weighted by atomic mass is 10.2. The first kappa shape index (κ1) is 19.6. The van der Waals surface area contributed by atoms with Crippen molar-refractivity contribution in [2.75, 3.05) is 19.0 Å². The molecule has 0 aliphatic carbocycles. The number of esters is 1. The summed E-state index contributed by atoms with van der Waals surface area (Å²) in [5.41, 5.74) is 2.32. The number of rotatable bonds is 8. The van der Waals surface area contributed by atoms with Gasteiger partial charge < -0.3 is 14.0 Å². The van der Waals surface area contributed by atoms with Gasteiger partial charge in [-0.3, -0.25) is 0 Å². The van der Waals surface area contributed by atoms with Crippen molar-refractivity contribution in [3.8, 4) is 5.75 Å². The zero-order valence-electron chi connectivity index (χ0n) is 15.3. The van der Waals surface area contributed by atoms with Gasteiger partial charge in [0.15, 0.2) is 5.16 Å². The van der Waals surface area contributed by atoms with Crippen LogP contribution in [-0.4, -0.2) is 34.5 Å². The maximum absolute atomic E-state index is 11.9. The number of fused-ring (bicyclic) bond motifs is 1. The lowest BCUT2D eigenvalue weighted by molar-refractivity contribution is 0.0526. The summed E-state index contributed by atoms with van der Waals surface area (Å²) < 4.78 is 12.9. The van der Waals surface area contributed by atoms with Gasteiger partial charge in [-0.2, -0.15) is 0 Å². The van der Waals surface area contributed by atoms with E-state index in [0.717, 1.165) is 34.2 Å². The van der Waals surface area contributed by atoms with Crippen LogP contribution in [0, 0.1) is 0 Å². The average Bonchev–Trinajstić information content (AvgIpc) is 3.03. The lowest BCUT2D eigenvalue weighted by Gasteiger charge is -2.07. The Balaban J connectivity index is 1.68. The van der Waals surface area contributed by atoms with E-state index < -0.39 is 0 Å². The number of aryl methyl sites for hydroxylation is 1. The van der Waals surface area contributed by atoms with Crippen LogP contribution < -0.4 is 4.74 Å². The summed E-state index contributed by atoms with van der Waals surface area (Å²) in [4.78, 5) is 16.6. The molecule has 0 aliphatic rings. The molecular weight excluding hydrogens is 384 g/mol. The molecule has 27 heavy (non-hydrogen) atoms. The molecule has 0 aliphatic heterocycles. The van der Waals surface area contributed by atoms with Crippen LogP contribution in [0.25, 0.3) is 11.0 Å². The van der Waals surface area contributed by atoms with Crippen LogP contribution in [-0.2, 0) is 11.3 Å². The molecule has 142 valence electrons. The highest BCUT2D eigenvalue weighted by atomic mass is 35.5. The Bertz CT molecular complexity index is 925. The number of ether oxygens (including phenoxy) is 2. The lowest BCUT2D eigenvalue weighted by Crippen LogP contribution is -2.04. The summed E-state index contributed by atoms with van der Waals surface area (Å²) in [6.07, 6.45) is 0. The molecule has 0 saturated heterocycles. The van der Waals surface area contributed by atoms with E-state index in [4.69, 9.17) is 21.1 Å². The topological polar surface area (TPSA) is 53.4 Å². The van der Waals surface area contributed by atoms with E-state index in [1.54, 1.807) is 30.8 Å². The smallest absolute Gasteiger partial charge is 0.338 e. The number of hydrogen-bond donors (Lipinski definition) is 0. The molecule has 1 heterocycles. The normalized spacial score (nSPS) is 10.9. The maximum atomic E-state index is 11.9. The van der Waals surface area contributed by atoms with E-state index >= 15 is 0 Å². The standard InChI is InChI=1S/C20H21ClN2O3S/c1-3-23-18-10-5-14(19(24)25-4-2)13-17(18)22-20(23)27-12-11-26-16-8-6-15(21)7-9-16/h5-10,13H,3-4,11-12H2,1-2H3. The number of halogens is 1. The molecule has 0 radical (unpaired) electrons. The number of imidazole rings is 1. The van der Waals surface area contributed by atoms with Gasteiger partial charge in [0.25, 0.3) is 0 Å². The predicted molar refractivity (Wildman–Crippen MR) is 109 cm³/mol. The summed E-state index contributed by atoms with van der Waals surface area (Å²) in [6, 6.07) is 12.8. The van der Waals surface area contributed by atoms with Crippen LogP contribution in [0.2, 0.25) is 5.02 Å². The largest absolute Gasteiger partial charge is 0.493 e. The Labute approximate surface area is 167 Å². The molecule has 3 rings (SSSR count). The fourth-order valence-corrected chi connectivity index (χ4v) is 3.71. The van der Waals surface area contributed by atoms with E-state index in [-0.39, 0.29) is 5.97 Å². The number of aromatic nitrogens is 2. The van der Waals surface area contributed by atoms with Gasteiger partial charge in [-0.05, 0) is 56.3 Å². The van der Waals surface area contributed by atoms with Gasteiger partial charge in [0.05, 0.1) is 29.8 Å². The molecule has 0 amide bonds. The molecule has 0 fully saturated rings. The van der Waals surface area contributed by atoms with Crippen molar-refractivity contribution < 1.29 is 14.3 Å². The number of carbonyl (C=O) groups is 1. The molecule has 3 aromatic rings. The van der Waals surface area contributed by atoms with Crippen molar-refractivity contribution in [2.45, 2.75) is 25.5 Å². The molecule has 0 bridgehead atoms. The van der Waals surface area contributed by atoms with E-state index in [1.807, 2.05) is 30.3 Å². The molecule has 0 N–H and O–H groups in total. The summed E-state index contributed by atoms with van der Waals surface area (Å²) in [7, 11) is 0. The minimum Gasteiger partial charge on any atom is -0.493 e. The Morgan fingerprint density at radius 1 is 1.19 bits per heavy atom. The molecule has 2 aromatic carbocycles. The minimum absolute atomic E-state index is 0.323. The third-order valence-corrected chi connectivity index (χ3v) is 5.13. The molecule has 1 aromatic heterocycles. The van der Waals surface area contributed by atoms with E-state index in [9.17, 15) is 4.79 Å². The zero-order valence-corrected chi connectivity index (χ0v) is 16.8. The summed E-state index contributed by atoms with van der Waals surface area (Å²) in [5, 5.41) is 1.60. The van der Waals surface area contributed by atoms with Crippen molar-refractivity contribution in [3.63, 3.8) is 0 Å². The number of carbonyl (C=O) groups excluding carboxylic acids is 1. The van der Waals surface area contributed by atoms with Crippen molar-refractivity contribution in [1.29, 1.82) is 0 Å². The van der Waals surface area contributed by atoms with Crippen LogP contribution in [0.1, 0.15) is 24.2 Å². The Morgan fingerprint density at radius 3 is 2.67 bits per heavy atom. The van der Waals surface area contributed by atoms with Crippen molar-refractivity contribution in [3.05, 3.63) is 53.1 Å². The first-order valence-corrected chi connectivity index (χ1v) is 10.2. The van der Waals surface area contributed by atoms with Crippen LogP contribution in [0.5, 0.6) is 5.75 Å². The number of thioether (sulfide) groups is 1. The molecule has 0 atom stereocenters. The van der Waals surface area contributed by atoms with Gasteiger partial charge in [0, 0.05) is 17.3 Å². The first-order valence-electron chi connectivity index (χ1n) is 8.81. The highest BCUT2D eigenvalue weighted by Gasteiger charge is 2.13. The number of nitrogens with zero attached hydrogens (tertiary/aromatic N) is 2. The number of hydrogen-bond acceptors (Lipinski definition) is 5.